The summed E-state index contributed by atoms with van der Waals surface area (Å²) < 4.78 is 6.85. The molecule has 0 spiro atoms. The maximum atomic E-state index is 12.1. The molecule has 7 nitrogen and oxygen atoms in total. The number of rotatable bonds is 5. The van der Waals surface area contributed by atoms with Crippen molar-refractivity contribution in [3.63, 3.8) is 0 Å². The highest BCUT2D eigenvalue weighted by molar-refractivity contribution is 6.07. The number of benzene rings is 2. The van der Waals surface area contributed by atoms with Gasteiger partial charge in [-0.3, -0.25) is 5.01 Å². The van der Waals surface area contributed by atoms with Crippen LogP contribution in [0.15, 0.2) is 65.4 Å². The smallest absolute Gasteiger partial charge is 0.335 e. The zero-order valence-electron chi connectivity index (χ0n) is 17.6. The first-order valence-corrected chi connectivity index (χ1v) is 9.93. The Kier molecular flexibility index (Phi) is 5.33. The van der Waals surface area contributed by atoms with Gasteiger partial charge in [-0.15, -0.1) is 0 Å². The molecule has 0 aliphatic carbocycles. The van der Waals surface area contributed by atoms with Crippen molar-refractivity contribution in [1.29, 1.82) is 0 Å². The summed E-state index contributed by atoms with van der Waals surface area (Å²) in [5, 5.41) is 16.6. The molecule has 1 aromatic heterocycles. The van der Waals surface area contributed by atoms with Crippen LogP contribution in [0.5, 0.6) is 0 Å². The SMILES string of the molecule is COC(=O)C(C)n1cc(/C=C2\CN(c3ccc(C(=O)O)cc3)N=C2C)c2ccccc21. The Hall–Kier alpha value is -3.87. The van der Waals surface area contributed by atoms with E-state index in [1.807, 2.05) is 53.9 Å². The number of hydrogen-bond acceptors (Lipinski definition) is 5. The average Bonchev–Trinajstić information content (AvgIpc) is 3.33. The first-order chi connectivity index (χ1) is 14.9. The van der Waals surface area contributed by atoms with E-state index >= 15 is 0 Å². The minimum Gasteiger partial charge on any atom is -0.478 e. The Morgan fingerprint density at radius 1 is 1.16 bits per heavy atom. The number of para-hydroxylation sites is 1. The number of nitrogens with zero attached hydrogens (tertiary/aromatic N) is 3. The summed E-state index contributed by atoms with van der Waals surface area (Å²) in [5.41, 5.74) is 4.97. The number of carbonyl (C=O) groups excluding carboxylic acids is 1. The van der Waals surface area contributed by atoms with Crippen molar-refractivity contribution >= 4 is 40.3 Å². The zero-order valence-corrected chi connectivity index (χ0v) is 17.6. The van der Waals surface area contributed by atoms with E-state index in [0.29, 0.717) is 6.54 Å². The van der Waals surface area contributed by atoms with Crippen molar-refractivity contribution in [3.8, 4) is 0 Å². The van der Waals surface area contributed by atoms with Crippen LogP contribution >= 0.6 is 0 Å². The van der Waals surface area contributed by atoms with E-state index in [0.717, 1.165) is 33.4 Å². The summed E-state index contributed by atoms with van der Waals surface area (Å²) in [6, 6.07) is 14.2. The van der Waals surface area contributed by atoms with Crippen molar-refractivity contribution in [2.75, 3.05) is 18.7 Å². The van der Waals surface area contributed by atoms with E-state index in [9.17, 15) is 9.59 Å². The molecular weight excluding hydrogens is 394 g/mol. The molecule has 3 aromatic rings. The van der Waals surface area contributed by atoms with Crippen LogP contribution in [-0.4, -0.2) is 41.0 Å². The number of aromatic nitrogens is 1. The monoisotopic (exact) mass is 417 g/mol. The molecule has 1 N–H and O–H groups in total. The van der Waals surface area contributed by atoms with Gasteiger partial charge < -0.3 is 14.4 Å². The van der Waals surface area contributed by atoms with Crippen LogP contribution in [0.25, 0.3) is 17.0 Å². The van der Waals surface area contributed by atoms with Crippen LogP contribution in [0, 0.1) is 0 Å². The fraction of sp³-hybridized carbons (Fsp3) is 0.208. The van der Waals surface area contributed by atoms with Gasteiger partial charge in [0, 0.05) is 22.7 Å². The standard InChI is InChI=1S/C24H23N3O4/c1-15-18(14-27(25-15)20-10-8-17(9-11-20)23(28)29)12-19-13-26(16(2)24(30)31-3)22-7-5-4-6-21(19)22/h4-13,16H,14H2,1-3H3,(H,28,29)/b18-12+. The largest absolute Gasteiger partial charge is 0.478 e. The van der Waals surface area contributed by atoms with Gasteiger partial charge in [-0.2, -0.15) is 5.10 Å². The maximum absolute atomic E-state index is 12.1. The fourth-order valence-corrected chi connectivity index (χ4v) is 3.77. The summed E-state index contributed by atoms with van der Waals surface area (Å²) in [7, 11) is 1.39. The van der Waals surface area contributed by atoms with Crippen molar-refractivity contribution in [1.82, 2.24) is 4.57 Å². The number of carboxylic acid groups (broad SMARTS) is 1. The third kappa shape index (κ3) is 3.82. The molecule has 4 rings (SSSR count). The Morgan fingerprint density at radius 3 is 2.55 bits per heavy atom. The first-order valence-electron chi connectivity index (χ1n) is 9.93. The number of hydrazone groups is 1. The summed E-state index contributed by atoms with van der Waals surface area (Å²) in [6.45, 7) is 4.35. The minimum absolute atomic E-state index is 0.243. The molecule has 0 amide bonds. The number of ether oxygens (including phenoxy) is 1. The van der Waals surface area contributed by atoms with Gasteiger partial charge >= 0.3 is 11.9 Å². The average molecular weight is 417 g/mol. The summed E-state index contributed by atoms with van der Waals surface area (Å²) >= 11 is 0. The minimum atomic E-state index is -0.953. The molecule has 1 unspecified atom stereocenters. The van der Waals surface area contributed by atoms with Crippen molar-refractivity contribution in [3.05, 3.63) is 71.4 Å². The van der Waals surface area contributed by atoms with Gasteiger partial charge in [0.2, 0.25) is 0 Å². The molecule has 0 bridgehead atoms. The lowest BCUT2D eigenvalue weighted by Crippen LogP contribution is -2.16. The van der Waals surface area contributed by atoms with Gasteiger partial charge in [0.1, 0.15) is 6.04 Å². The number of fused-ring (bicyclic) bond motifs is 1. The molecule has 2 aromatic carbocycles. The third-order valence-corrected chi connectivity index (χ3v) is 5.53. The lowest BCUT2D eigenvalue weighted by Gasteiger charge is -2.13. The lowest BCUT2D eigenvalue weighted by atomic mass is 10.1. The molecular formula is C24H23N3O4. The van der Waals surface area contributed by atoms with Gasteiger partial charge in [-0.05, 0) is 55.8 Å². The second-order valence-corrected chi connectivity index (χ2v) is 7.47. The van der Waals surface area contributed by atoms with Crippen molar-refractivity contribution < 1.29 is 19.4 Å². The Balaban J connectivity index is 1.67. The van der Waals surface area contributed by atoms with E-state index in [2.05, 4.69) is 11.2 Å². The Morgan fingerprint density at radius 2 is 1.87 bits per heavy atom. The molecule has 0 radical (unpaired) electrons. The van der Waals surface area contributed by atoms with Gasteiger partial charge in [-0.25, -0.2) is 9.59 Å². The second kappa shape index (κ2) is 8.10. The van der Waals surface area contributed by atoms with Gasteiger partial charge in [0.15, 0.2) is 0 Å². The summed E-state index contributed by atoms with van der Waals surface area (Å²) in [6.07, 6.45) is 4.06. The number of methoxy groups -OCH3 is 1. The Labute approximate surface area is 179 Å². The number of carboxylic acids is 1. The highest BCUT2D eigenvalue weighted by atomic mass is 16.5. The maximum Gasteiger partial charge on any atom is 0.335 e. The van der Waals surface area contributed by atoms with Gasteiger partial charge in [0.25, 0.3) is 0 Å². The van der Waals surface area contributed by atoms with Crippen LogP contribution in [0.4, 0.5) is 5.69 Å². The van der Waals surface area contributed by atoms with Crippen LogP contribution in [0.3, 0.4) is 0 Å². The molecule has 31 heavy (non-hydrogen) atoms. The predicted octanol–water partition coefficient (Wildman–Crippen LogP) is 4.35. The molecule has 1 aliphatic rings. The Bertz CT molecular complexity index is 1220. The van der Waals surface area contributed by atoms with E-state index < -0.39 is 12.0 Å². The summed E-state index contributed by atoms with van der Waals surface area (Å²) in [4.78, 5) is 23.2. The predicted molar refractivity (Wildman–Crippen MR) is 120 cm³/mol. The number of anilines is 1. The third-order valence-electron chi connectivity index (χ3n) is 5.53. The van der Waals surface area contributed by atoms with Crippen LogP contribution in [-0.2, 0) is 9.53 Å². The van der Waals surface area contributed by atoms with Gasteiger partial charge in [-0.1, -0.05) is 18.2 Å². The lowest BCUT2D eigenvalue weighted by molar-refractivity contribution is -0.143. The van der Waals surface area contributed by atoms with E-state index in [4.69, 9.17) is 9.84 Å². The van der Waals surface area contributed by atoms with E-state index in [1.165, 1.54) is 7.11 Å². The van der Waals surface area contributed by atoms with E-state index in [-0.39, 0.29) is 11.5 Å². The highest BCUT2D eigenvalue weighted by Crippen LogP contribution is 2.29. The highest BCUT2D eigenvalue weighted by Gasteiger charge is 2.22. The molecule has 0 fully saturated rings. The van der Waals surface area contributed by atoms with Crippen LogP contribution in [0.2, 0.25) is 0 Å². The number of hydrogen-bond donors (Lipinski definition) is 1. The molecule has 1 aliphatic heterocycles. The van der Waals surface area contributed by atoms with Crippen LogP contribution in [0.1, 0.15) is 35.8 Å². The molecule has 0 saturated carbocycles. The molecule has 0 saturated heterocycles. The zero-order chi connectivity index (χ0) is 22.1. The fourth-order valence-electron chi connectivity index (χ4n) is 3.77. The van der Waals surface area contributed by atoms with Crippen molar-refractivity contribution in [2.24, 2.45) is 5.10 Å². The quantitative estimate of drug-likeness (QED) is 0.624. The van der Waals surface area contributed by atoms with E-state index in [1.54, 1.807) is 24.3 Å². The van der Waals surface area contributed by atoms with Gasteiger partial charge in [0.05, 0.1) is 30.6 Å². The second-order valence-electron chi connectivity index (χ2n) is 7.47. The number of carbonyl (C=O) groups is 2. The molecule has 7 heteroatoms. The number of esters is 1. The molecule has 2 heterocycles. The normalized spacial score (nSPS) is 15.9. The molecule has 1 atom stereocenters. The first kappa shape index (κ1) is 20.4. The molecule has 158 valence electrons. The van der Waals surface area contributed by atoms with Crippen molar-refractivity contribution in [2.45, 2.75) is 19.9 Å². The topological polar surface area (TPSA) is 84.1 Å². The number of aromatic carboxylic acids is 1. The van der Waals surface area contributed by atoms with Crippen LogP contribution < -0.4 is 5.01 Å². The summed E-state index contributed by atoms with van der Waals surface area (Å²) in [5.74, 6) is -1.25.